The molecule has 0 unspecified atom stereocenters. The molecule has 2 nitrogen and oxygen atoms in total. The molecule has 19 heavy (non-hydrogen) atoms. The van der Waals surface area contributed by atoms with Crippen molar-refractivity contribution < 1.29 is 5.21 Å². The van der Waals surface area contributed by atoms with Crippen LogP contribution in [0.4, 0.5) is 0 Å². The Hall–Kier alpha value is 0.710. The van der Waals surface area contributed by atoms with Gasteiger partial charge in [0, 0.05) is 4.91 Å². The third-order valence-corrected chi connectivity index (χ3v) is 7.40. The fourth-order valence-corrected chi connectivity index (χ4v) is 6.59. The van der Waals surface area contributed by atoms with Crippen molar-refractivity contribution >= 4 is 32.3 Å². The zero-order valence-corrected chi connectivity index (χ0v) is 13.8. The van der Waals surface area contributed by atoms with Gasteiger partial charge in [-0.1, -0.05) is 50.2 Å². The van der Waals surface area contributed by atoms with E-state index in [4.69, 9.17) is 0 Å². The summed E-state index contributed by atoms with van der Waals surface area (Å²) in [6, 6.07) is 0. The summed E-state index contributed by atoms with van der Waals surface area (Å²) in [7, 11) is 3.28. The molecule has 0 radical (unpaired) electrons. The van der Waals surface area contributed by atoms with E-state index in [0.717, 1.165) is 25.7 Å². The van der Waals surface area contributed by atoms with Gasteiger partial charge in [-0.05, 0) is 52.4 Å². The minimum atomic E-state index is -0.0873. The first kappa shape index (κ1) is 14.6. The summed E-state index contributed by atoms with van der Waals surface area (Å²) in [5, 5.41) is 12.8. The summed E-state index contributed by atoms with van der Waals surface area (Å²) in [6.07, 6.45) is 14.5. The molecule has 2 fully saturated rings. The van der Waals surface area contributed by atoms with Gasteiger partial charge in [0.05, 0.1) is 11.1 Å². The van der Waals surface area contributed by atoms with Gasteiger partial charge in [-0.15, -0.1) is 0 Å². The van der Waals surface area contributed by atoms with Gasteiger partial charge >= 0.3 is 0 Å². The minimum absolute atomic E-state index is 0.0680. The second-order valence-corrected chi connectivity index (χ2v) is 9.28. The molecule has 2 aliphatic carbocycles. The zero-order valence-electron chi connectivity index (χ0n) is 11.3. The molecule has 1 aliphatic heterocycles. The quantitative estimate of drug-likeness (QED) is 0.539. The van der Waals surface area contributed by atoms with Crippen LogP contribution in [0.1, 0.15) is 64.2 Å². The number of rotatable bonds is 2. The summed E-state index contributed by atoms with van der Waals surface area (Å²) in [6.45, 7) is 0. The average Bonchev–Trinajstić information content (AvgIpc) is 2.65. The third kappa shape index (κ3) is 2.39. The van der Waals surface area contributed by atoms with Gasteiger partial charge in [0.15, 0.2) is 0 Å². The lowest BCUT2D eigenvalue weighted by Crippen LogP contribution is -2.55. The molecular weight excluding hydrogens is 294 g/mol. The van der Waals surface area contributed by atoms with Crippen LogP contribution in [0.3, 0.4) is 0 Å². The Balaban J connectivity index is 1.93. The van der Waals surface area contributed by atoms with E-state index >= 15 is 0 Å². The van der Waals surface area contributed by atoms with E-state index in [1.165, 1.54) is 53.3 Å². The minimum Gasteiger partial charge on any atom is -0.312 e. The first-order valence-corrected chi connectivity index (χ1v) is 10.6. The monoisotopic (exact) mass is 317 g/mol. The molecule has 0 aromatic heterocycles. The van der Waals surface area contributed by atoms with Crippen LogP contribution in [0.15, 0.2) is 11.0 Å². The molecule has 2 spiro atoms. The van der Waals surface area contributed by atoms with Crippen LogP contribution >= 0.6 is 32.3 Å². The second-order valence-electron chi connectivity index (χ2n) is 6.23. The highest BCUT2D eigenvalue weighted by Crippen LogP contribution is 2.57. The van der Waals surface area contributed by atoms with E-state index in [-0.39, 0.29) is 11.1 Å². The SMILES string of the molecule is ON1C2(C=C(SSS)C13CCCCC3)CCCCC2. The molecule has 3 rings (SSSR count). The molecule has 3 aliphatic rings. The van der Waals surface area contributed by atoms with Gasteiger partial charge in [-0.25, -0.2) is 0 Å². The molecule has 0 bridgehead atoms. The van der Waals surface area contributed by atoms with Gasteiger partial charge < -0.3 is 5.21 Å². The van der Waals surface area contributed by atoms with Crippen molar-refractivity contribution in [3.05, 3.63) is 11.0 Å². The van der Waals surface area contributed by atoms with Gasteiger partial charge in [0.2, 0.25) is 0 Å². The molecule has 2 saturated carbocycles. The highest BCUT2D eigenvalue weighted by Gasteiger charge is 2.55. The maximum Gasteiger partial charge on any atom is 0.0783 e. The molecule has 1 N–H and O–H groups in total. The van der Waals surface area contributed by atoms with E-state index in [1.807, 2.05) is 0 Å². The molecular formula is C14H23NOS3. The Morgan fingerprint density at radius 1 is 1.00 bits per heavy atom. The number of hydrogen-bond acceptors (Lipinski definition) is 5. The van der Waals surface area contributed by atoms with E-state index in [1.54, 1.807) is 15.9 Å². The topological polar surface area (TPSA) is 23.5 Å². The summed E-state index contributed by atoms with van der Waals surface area (Å²) in [5.74, 6) is 0. The van der Waals surface area contributed by atoms with Crippen LogP contribution in [0, 0.1) is 0 Å². The van der Waals surface area contributed by atoms with E-state index < -0.39 is 0 Å². The van der Waals surface area contributed by atoms with Crippen molar-refractivity contribution in [2.45, 2.75) is 75.3 Å². The molecule has 0 aromatic carbocycles. The first-order valence-electron chi connectivity index (χ1n) is 7.44. The number of thiol groups is 1. The third-order valence-electron chi connectivity index (χ3n) is 5.21. The fraction of sp³-hybridized carbons (Fsp3) is 0.857. The molecule has 108 valence electrons. The Morgan fingerprint density at radius 3 is 2.16 bits per heavy atom. The maximum absolute atomic E-state index is 11.0. The number of hydroxylamine groups is 2. The lowest BCUT2D eigenvalue weighted by Gasteiger charge is -2.47. The largest absolute Gasteiger partial charge is 0.312 e. The Bertz CT molecular complexity index is 360. The lowest BCUT2D eigenvalue weighted by atomic mass is 9.80. The molecule has 5 heteroatoms. The van der Waals surface area contributed by atoms with Gasteiger partial charge in [0.25, 0.3) is 0 Å². The van der Waals surface area contributed by atoms with Crippen LogP contribution in [0.25, 0.3) is 0 Å². The Labute approximate surface area is 128 Å². The summed E-state index contributed by atoms with van der Waals surface area (Å²) < 4.78 is 0. The van der Waals surface area contributed by atoms with Crippen molar-refractivity contribution in [1.29, 1.82) is 0 Å². The van der Waals surface area contributed by atoms with Crippen LogP contribution in [-0.2, 0) is 0 Å². The highest BCUT2D eigenvalue weighted by atomic mass is 33.5. The molecule has 0 amide bonds. The van der Waals surface area contributed by atoms with Crippen molar-refractivity contribution in [3.8, 4) is 0 Å². The van der Waals surface area contributed by atoms with Crippen molar-refractivity contribution in [2.24, 2.45) is 0 Å². The smallest absolute Gasteiger partial charge is 0.0783 e. The van der Waals surface area contributed by atoms with E-state index in [2.05, 4.69) is 17.7 Å². The summed E-state index contributed by atoms with van der Waals surface area (Å²) >= 11 is 4.32. The zero-order chi connectivity index (χ0) is 13.3. The molecule has 0 aromatic rings. The second kappa shape index (κ2) is 5.84. The van der Waals surface area contributed by atoms with E-state index in [9.17, 15) is 5.21 Å². The predicted molar refractivity (Wildman–Crippen MR) is 87.5 cm³/mol. The fourth-order valence-electron chi connectivity index (χ4n) is 4.23. The van der Waals surface area contributed by atoms with E-state index in [0.29, 0.717) is 0 Å². The van der Waals surface area contributed by atoms with Crippen LogP contribution in [-0.4, -0.2) is 21.3 Å². The summed E-state index contributed by atoms with van der Waals surface area (Å²) in [4.78, 5) is 1.37. The summed E-state index contributed by atoms with van der Waals surface area (Å²) in [5.41, 5.74) is -0.155. The van der Waals surface area contributed by atoms with Gasteiger partial charge in [-0.3, -0.25) is 0 Å². The van der Waals surface area contributed by atoms with Crippen molar-refractivity contribution in [1.82, 2.24) is 5.06 Å². The lowest BCUT2D eigenvalue weighted by molar-refractivity contribution is -0.218. The van der Waals surface area contributed by atoms with Crippen molar-refractivity contribution in [2.75, 3.05) is 0 Å². The Morgan fingerprint density at radius 2 is 1.58 bits per heavy atom. The maximum atomic E-state index is 11.0. The van der Waals surface area contributed by atoms with Crippen LogP contribution < -0.4 is 0 Å². The Kier molecular flexibility index (Phi) is 4.50. The first-order chi connectivity index (χ1) is 9.23. The number of nitrogens with zero attached hydrogens (tertiary/aromatic N) is 1. The molecule has 1 heterocycles. The molecule has 0 atom stereocenters. The average molecular weight is 318 g/mol. The van der Waals surface area contributed by atoms with Crippen LogP contribution in [0.2, 0.25) is 0 Å². The van der Waals surface area contributed by atoms with Crippen LogP contribution in [0.5, 0.6) is 0 Å². The normalized spacial score (nSPS) is 29.9. The molecule has 0 saturated heterocycles. The van der Waals surface area contributed by atoms with Gasteiger partial charge in [-0.2, -0.15) is 5.06 Å². The van der Waals surface area contributed by atoms with Crippen molar-refractivity contribution in [3.63, 3.8) is 0 Å². The predicted octanol–water partition coefficient (Wildman–Crippen LogP) is 5.21. The standard InChI is InChI=1S/C14H23NOS3/c16-15-13(7-3-1-4-8-13)11-12(18-19-17)14(15)9-5-2-6-10-14/h11,16-17H,1-10H2. The van der Waals surface area contributed by atoms with Gasteiger partial charge in [0.1, 0.15) is 0 Å². The number of hydrogen-bond donors (Lipinski definition) is 2. The highest BCUT2D eigenvalue weighted by molar-refractivity contribution is 9.06.